The van der Waals surface area contributed by atoms with Gasteiger partial charge in [-0.1, -0.05) is 12.2 Å². The minimum Gasteiger partial charge on any atom is -0.396 e. The predicted molar refractivity (Wildman–Crippen MR) is 83.1 cm³/mol. The molecule has 1 heterocycles. The highest BCUT2D eigenvalue weighted by atomic mass is 32.2. The molecule has 8 heteroatoms. The van der Waals surface area contributed by atoms with Crippen molar-refractivity contribution < 1.29 is 13.2 Å². The van der Waals surface area contributed by atoms with E-state index in [0.717, 1.165) is 17.6 Å². The van der Waals surface area contributed by atoms with Crippen molar-refractivity contribution >= 4 is 37.8 Å². The molecule has 110 valence electrons. The van der Waals surface area contributed by atoms with Gasteiger partial charge in [-0.25, -0.2) is 8.42 Å². The number of rotatable bonds is 7. The number of nitrogens with one attached hydrogen (secondary N) is 2. The summed E-state index contributed by atoms with van der Waals surface area (Å²) in [7, 11) is -3.54. The molecule has 0 aliphatic heterocycles. The van der Waals surface area contributed by atoms with Crippen molar-refractivity contribution in [2.45, 2.75) is 4.90 Å². The Morgan fingerprint density at radius 2 is 1.95 bits per heavy atom. The smallest absolute Gasteiger partial charge is 0.263 e. The van der Waals surface area contributed by atoms with Gasteiger partial charge < -0.3 is 16.4 Å². The summed E-state index contributed by atoms with van der Waals surface area (Å²) in [5, 5.41) is 5.79. The molecule has 0 saturated heterocycles. The van der Waals surface area contributed by atoms with E-state index in [-0.39, 0.29) is 22.0 Å². The van der Waals surface area contributed by atoms with Gasteiger partial charge in [-0.15, -0.1) is 24.5 Å². The average molecular weight is 315 g/mol. The van der Waals surface area contributed by atoms with E-state index in [1.807, 2.05) is 0 Å². The number of sulfone groups is 1. The minimum absolute atomic E-state index is 0.0365. The Bertz CT molecular complexity index is 633. The highest BCUT2D eigenvalue weighted by Gasteiger charge is 2.26. The number of carbonyl (C=O) groups excluding carboxylic acids is 1. The first-order chi connectivity index (χ1) is 9.32. The van der Waals surface area contributed by atoms with E-state index in [2.05, 4.69) is 23.8 Å². The topological polar surface area (TPSA) is 101 Å². The number of anilines is 2. The first-order valence-electron chi connectivity index (χ1n) is 5.69. The van der Waals surface area contributed by atoms with Gasteiger partial charge in [-0.2, -0.15) is 0 Å². The van der Waals surface area contributed by atoms with E-state index < -0.39 is 15.7 Å². The Morgan fingerprint density at radius 1 is 1.35 bits per heavy atom. The summed E-state index contributed by atoms with van der Waals surface area (Å²) in [6.45, 7) is 7.68. The average Bonchev–Trinajstić information content (AvgIpc) is 2.70. The van der Waals surface area contributed by atoms with Crippen molar-refractivity contribution in [2.75, 3.05) is 30.4 Å². The lowest BCUT2D eigenvalue weighted by Gasteiger charge is -2.04. The molecule has 6 nitrogen and oxygen atoms in total. The number of amides is 1. The zero-order valence-corrected chi connectivity index (χ0v) is 12.7. The number of carbonyl (C=O) groups is 1. The second-order valence-electron chi connectivity index (χ2n) is 3.94. The Balaban J connectivity index is 3.28. The number of nitrogens with two attached hydrogens (primary N) is 1. The molecule has 1 aromatic heterocycles. The lowest BCUT2D eigenvalue weighted by Crippen LogP contribution is -2.23. The normalized spacial score (nSPS) is 10.8. The van der Waals surface area contributed by atoms with Gasteiger partial charge in [0, 0.05) is 19.3 Å². The van der Waals surface area contributed by atoms with E-state index in [0.29, 0.717) is 11.5 Å². The van der Waals surface area contributed by atoms with Crippen LogP contribution >= 0.6 is 11.3 Å². The molecule has 4 N–H and O–H groups in total. The third-order valence-electron chi connectivity index (χ3n) is 2.29. The highest BCUT2D eigenvalue weighted by molar-refractivity contribution is 7.91. The Kier molecular flexibility index (Phi) is 5.34. The van der Waals surface area contributed by atoms with Crippen LogP contribution in [0, 0.1) is 0 Å². The Hall–Kier alpha value is -1.80. The second kappa shape index (κ2) is 6.58. The molecule has 0 aliphatic carbocycles. The molecule has 1 aromatic rings. The van der Waals surface area contributed by atoms with Gasteiger partial charge in [-0.3, -0.25) is 4.79 Å². The van der Waals surface area contributed by atoms with Gasteiger partial charge in [0.05, 0.1) is 5.69 Å². The maximum absolute atomic E-state index is 11.9. The lowest BCUT2D eigenvalue weighted by atomic mass is 10.3. The molecular formula is C12H17N3O3S2. The standard InChI is InChI=1S/C12H17N3O3S2/c1-4-6-14-11(16)9-8(13)10(20(3,17)18)12(19-9)15-7-5-2/h4-5,15H,1-2,6-7,13H2,3H3,(H,14,16). The first-order valence-corrected chi connectivity index (χ1v) is 8.39. The zero-order valence-electron chi connectivity index (χ0n) is 11.1. The molecule has 0 radical (unpaired) electrons. The first kappa shape index (κ1) is 16.3. The van der Waals surface area contributed by atoms with Gasteiger partial charge >= 0.3 is 0 Å². The monoisotopic (exact) mass is 315 g/mol. The van der Waals surface area contributed by atoms with Crippen molar-refractivity contribution in [3.8, 4) is 0 Å². The van der Waals surface area contributed by atoms with Crippen LogP contribution < -0.4 is 16.4 Å². The molecule has 1 rings (SSSR count). The van der Waals surface area contributed by atoms with Crippen molar-refractivity contribution in [1.29, 1.82) is 0 Å². The third-order valence-corrected chi connectivity index (χ3v) is 4.75. The van der Waals surface area contributed by atoms with Crippen LogP contribution in [0.3, 0.4) is 0 Å². The van der Waals surface area contributed by atoms with Crippen LogP contribution in [0.1, 0.15) is 9.67 Å². The zero-order chi connectivity index (χ0) is 15.3. The van der Waals surface area contributed by atoms with Gasteiger partial charge in [0.25, 0.3) is 5.91 Å². The van der Waals surface area contributed by atoms with Crippen LogP contribution in [-0.4, -0.2) is 33.7 Å². The summed E-state index contributed by atoms with van der Waals surface area (Å²) in [4.78, 5) is 12.0. The van der Waals surface area contributed by atoms with E-state index in [1.165, 1.54) is 6.08 Å². The molecule has 0 aromatic carbocycles. The van der Waals surface area contributed by atoms with Crippen LogP contribution in [0.4, 0.5) is 10.7 Å². The van der Waals surface area contributed by atoms with Gasteiger partial charge in [-0.05, 0) is 0 Å². The maximum Gasteiger partial charge on any atom is 0.263 e. The summed E-state index contributed by atoms with van der Waals surface area (Å²) in [6, 6.07) is 0. The third kappa shape index (κ3) is 3.61. The maximum atomic E-state index is 11.9. The molecule has 0 fully saturated rings. The minimum atomic E-state index is -3.54. The molecule has 0 saturated carbocycles. The van der Waals surface area contributed by atoms with Gasteiger partial charge in [0.1, 0.15) is 14.8 Å². The fraction of sp³-hybridized carbons (Fsp3) is 0.250. The summed E-state index contributed by atoms with van der Waals surface area (Å²) in [5.74, 6) is -0.427. The van der Waals surface area contributed by atoms with Crippen LogP contribution in [-0.2, 0) is 9.84 Å². The molecule has 0 aliphatic rings. The predicted octanol–water partition coefficient (Wildman–Crippen LogP) is 1.25. The Labute approximate surface area is 122 Å². The highest BCUT2D eigenvalue weighted by Crippen LogP contribution is 2.39. The van der Waals surface area contributed by atoms with Crippen molar-refractivity contribution in [3.05, 3.63) is 30.2 Å². The van der Waals surface area contributed by atoms with Crippen LogP contribution in [0.5, 0.6) is 0 Å². The van der Waals surface area contributed by atoms with Crippen LogP contribution in [0.15, 0.2) is 30.2 Å². The fourth-order valence-electron chi connectivity index (χ4n) is 1.49. The summed E-state index contributed by atoms with van der Waals surface area (Å²) in [6.07, 6.45) is 4.16. The quantitative estimate of drug-likeness (QED) is 0.657. The summed E-state index contributed by atoms with van der Waals surface area (Å²) >= 11 is 1.00. The Morgan fingerprint density at radius 3 is 2.45 bits per heavy atom. The summed E-state index contributed by atoms with van der Waals surface area (Å²) < 4.78 is 23.6. The molecule has 1 amide bonds. The van der Waals surface area contributed by atoms with Gasteiger partial charge in [0.15, 0.2) is 9.84 Å². The number of thiophene rings is 1. The van der Waals surface area contributed by atoms with Crippen molar-refractivity contribution in [3.63, 3.8) is 0 Å². The SMILES string of the molecule is C=CCNC(=O)c1sc(NCC=C)c(S(C)(=O)=O)c1N. The van der Waals surface area contributed by atoms with E-state index >= 15 is 0 Å². The van der Waals surface area contributed by atoms with Crippen molar-refractivity contribution in [2.24, 2.45) is 0 Å². The number of hydrogen-bond acceptors (Lipinski definition) is 6. The van der Waals surface area contributed by atoms with E-state index in [9.17, 15) is 13.2 Å². The molecule has 0 atom stereocenters. The second-order valence-corrected chi connectivity index (χ2v) is 6.92. The molecule has 0 spiro atoms. The number of nitrogen functional groups attached to an aromatic ring is 1. The van der Waals surface area contributed by atoms with Crippen molar-refractivity contribution in [1.82, 2.24) is 5.32 Å². The summed E-state index contributed by atoms with van der Waals surface area (Å²) in [5.41, 5.74) is 5.78. The lowest BCUT2D eigenvalue weighted by molar-refractivity contribution is 0.0963. The van der Waals surface area contributed by atoms with Gasteiger partial charge in [0.2, 0.25) is 0 Å². The number of hydrogen-bond donors (Lipinski definition) is 3. The van der Waals surface area contributed by atoms with Crippen LogP contribution in [0.2, 0.25) is 0 Å². The molecule has 0 bridgehead atoms. The largest absolute Gasteiger partial charge is 0.396 e. The van der Waals surface area contributed by atoms with E-state index in [1.54, 1.807) is 6.08 Å². The molecule has 20 heavy (non-hydrogen) atoms. The fourth-order valence-corrected chi connectivity index (χ4v) is 3.99. The van der Waals surface area contributed by atoms with Crippen LogP contribution in [0.25, 0.3) is 0 Å². The molecular weight excluding hydrogens is 298 g/mol. The van der Waals surface area contributed by atoms with E-state index in [4.69, 9.17) is 5.73 Å². The molecule has 0 unspecified atom stereocenters.